The largest absolute Gasteiger partial charge is 0.497 e. The number of nitrogens with zero attached hydrogens (tertiary/aromatic N) is 1. The third-order valence-electron chi connectivity index (χ3n) is 2.85. The summed E-state index contributed by atoms with van der Waals surface area (Å²) in [5, 5.41) is 8.64. The van der Waals surface area contributed by atoms with Crippen LogP contribution in [0.15, 0.2) is 48.5 Å². The second-order valence-corrected chi connectivity index (χ2v) is 4.27. The molecule has 0 atom stereocenters. The van der Waals surface area contributed by atoms with E-state index in [0.717, 1.165) is 11.3 Å². The van der Waals surface area contributed by atoms with Crippen molar-refractivity contribution in [3.63, 3.8) is 0 Å². The molecule has 0 saturated carbocycles. The molecule has 2 aromatic carbocycles. The van der Waals surface area contributed by atoms with Crippen molar-refractivity contribution in [2.45, 2.75) is 6.54 Å². The molecular weight excluding hydrogens is 266 g/mol. The molecule has 0 saturated heterocycles. The van der Waals surface area contributed by atoms with Gasteiger partial charge in [-0.2, -0.15) is 5.26 Å². The van der Waals surface area contributed by atoms with Crippen LogP contribution >= 0.6 is 0 Å². The summed E-state index contributed by atoms with van der Waals surface area (Å²) in [7, 11) is 1.60. The topological polar surface area (TPSA) is 66.3 Å². The van der Waals surface area contributed by atoms with Crippen LogP contribution in [0.5, 0.6) is 11.5 Å². The van der Waals surface area contributed by atoms with Crippen LogP contribution in [-0.2, 0) is 6.54 Å². The summed E-state index contributed by atoms with van der Waals surface area (Å²) in [6.07, 6.45) is 0. The SMILES string of the molecule is COc1ccc(CNNc2ccccc2)c(OCC#N)c1. The number of nitriles is 1. The van der Waals surface area contributed by atoms with Crippen molar-refractivity contribution in [2.75, 3.05) is 19.1 Å². The van der Waals surface area contributed by atoms with Crippen LogP contribution in [-0.4, -0.2) is 13.7 Å². The zero-order chi connectivity index (χ0) is 14.9. The predicted molar refractivity (Wildman–Crippen MR) is 81.0 cm³/mol. The molecule has 2 aromatic rings. The molecule has 0 bridgehead atoms. The first kappa shape index (κ1) is 14.7. The quantitative estimate of drug-likeness (QED) is 0.765. The maximum atomic E-state index is 8.64. The Morgan fingerprint density at radius 3 is 2.67 bits per heavy atom. The lowest BCUT2D eigenvalue weighted by molar-refractivity contribution is 0.356. The smallest absolute Gasteiger partial charge is 0.174 e. The average molecular weight is 283 g/mol. The van der Waals surface area contributed by atoms with Crippen molar-refractivity contribution in [2.24, 2.45) is 0 Å². The van der Waals surface area contributed by atoms with Crippen molar-refractivity contribution >= 4 is 5.69 Å². The van der Waals surface area contributed by atoms with Crippen molar-refractivity contribution in [3.05, 3.63) is 54.1 Å². The van der Waals surface area contributed by atoms with Gasteiger partial charge in [0, 0.05) is 23.9 Å². The van der Waals surface area contributed by atoms with Gasteiger partial charge >= 0.3 is 0 Å². The van der Waals surface area contributed by atoms with Gasteiger partial charge in [0.1, 0.15) is 17.6 Å². The van der Waals surface area contributed by atoms with E-state index < -0.39 is 0 Å². The summed E-state index contributed by atoms with van der Waals surface area (Å²) in [6, 6.07) is 17.3. The minimum absolute atomic E-state index is 0.00623. The van der Waals surface area contributed by atoms with Crippen molar-refractivity contribution in [1.82, 2.24) is 5.43 Å². The van der Waals surface area contributed by atoms with Crippen LogP contribution in [0.4, 0.5) is 5.69 Å². The summed E-state index contributed by atoms with van der Waals surface area (Å²) >= 11 is 0. The minimum Gasteiger partial charge on any atom is -0.497 e. The van der Waals surface area contributed by atoms with E-state index in [1.165, 1.54) is 0 Å². The van der Waals surface area contributed by atoms with Gasteiger partial charge < -0.3 is 14.9 Å². The van der Waals surface area contributed by atoms with Crippen LogP contribution < -0.4 is 20.3 Å². The molecule has 0 spiro atoms. The zero-order valence-electron chi connectivity index (χ0n) is 11.8. The van der Waals surface area contributed by atoms with E-state index in [9.17, 15) is 0 Å². The first-order valence-electron chi connectivity index (χ1n) is 6.54. The highest BCUT2D eigenvalue weighted by Crippen LogP contribution is 2.24. The summed E-state index contributed by atoms with van der Waals surface area (Å²) in [5.41, 5.74) is 8.14. The Morgan fingerprint density at radius 2 is 1.95 bits per heavy atom. The molecule has 0 fully saturated rings. The van der Waals surface area contributed by atoms with Gasteiger partial charge in [0.15, 0.2) is 6.61 Å². The fourth-order valence-electron chi connectivity index (χ4n) is 1.82. The molecule has 0 amide bonds. The number of hydrazine groups is 1. The standard InChI is InChI=1S/C16H17N3O2/c1-20-15-8-7-13(16(11-15)21-10-9-17)12-18-19-14-5-3-2-4-6-14/h2-8,11,18-19H,10,12H2,1H3. The number of benzene rings is 2. The maximum Gasteiger partial charge on any atom is 0.174 e. The Morgan fingerprint density at radius 1 is 1.14 bits per heavy atom. The number of rotatable bonds is 7. The third-order valence-corrected chi connectivity index (χ3v) is 2.85. The summed E-state index contributed by atoms with van der Waals surface area (Å²) in [4.78, 5) is 0. The molecule has 5 heteroatoms. The van der Waals surface area contributed by atoms with Gasteiger partial charge in [0.25, 0.3) is 0 Å². The molecule has 2 N–H and O–H groups in total. The maximum absolute atomic E-state index is 8.64. The van der Waals surface area contributed by atoms with Crippen LogP contribution in [0, 0.1) is 11.3 Å². The number of hydrogen-bond acceptors (Lipinski definition) is 5. The molecule has 0 aliphatic carbocycles. The highest BCUT2D eigenvalue weighted by atomic mass is 16.5. The average Bonchev–Trinajstić information content (AvgIpc) is 2.54. The number of ether oxygens (including phenoxy) is 2. The lowest BCUT2D eigenvalue weighted by Gasteiger charge is -2.13. The van der Waals surface area contributed by atoms with Gasteiger partial charge in [0.05, 0.1) is 7.11 Å². The molecule has 0 radical (unpaired) electrons. The van der Waals surface area contributed by atoms with E-state index in [1.54, 1.807) is 13.2 Å². The molecule has 5 nitrogen and oxygen atoms in total. The van der Waals surface area contributed by atoms with E-state index in [2.05, 4.69) is 10.9 Å². The Kier molecular flexibility index (Phi) is 5.44. The molecule has 0 aliphatic rings. The van der Waals surface area contributed by atoms with Gasteiger partial charge in [0.2, 0.25) is 0 Å². The first-order valence-corrected chi connectivity index (χ1v) is 6.54. The van der Waals surface area contributed by atoms with Crippen LogP contribution in [0.1, 0.15) is 5.56 Å². The number of methoxy groups -OCH3 is 1. The molecule has 0 heterocycles. The zero-order valence-corrected chi connectivity index (χ0v) is 11.8. The lowest BCUT2D eigenvalue weighted by Crippen LogP contribution is -2.21. The fraction of sp³-hybridized carbons (Fsp3) is 0.188. The number of para-hydroxylation sites is 1. The Balaban J connectivity index is 1.99. The third kappa shape index (κ3) is 4.41. The Hall–Kier alpha value is -2.71. The molecule has 0 unspecified atom stereocenters. The molecule has 108 valence electrons. The van der Waals surface area contributed by atoms with Crippen molar-refractivity contribution < 1.29 is 9.47 Å². The number of hydrogen-bond donors (Lipinski definition) is 2. The molecule has 0 aromatic heterocycles. The van der Waals surface area contributed by atoms with Crippen molar-refractivity contribution in [3.8, 4) is 17.6 Å². The van der Waals surface area contributed by atoms with Gasteiger partial charge in [-0.25, -0.2) is 5.43 Å². The van der Waals surface area contributed by atoms with Gasteiger partial charge in [-0.05, 0) is 18.2 Å². The van der Waals surface area contributed by atoms with E-state index in [-0.39, 0.29) is 6.61 Å². The minimum atomic E-state index is 0.00623. The van der Waals surface area contributed by atoms with E-state index in [0.29, 0.717) is 18.0 Å². The second kappa shape index (κ2) is 7.78. The highest BCUT2D eigenvalue weighted by molar-refractivity contribution is 5.43. The van der Waals surface area contributed by atoms with Crippen LogP contribution in [0.3, 0.4) is 0 Å². The molecular formula is C16H17N3O2. The monoisotopic (exact) mass is 283 g/mol. The number of nitrogens with one attached hydrogen (secondary N) is 2. The van der Waals surface area contributed by atoms with Gasteiger partial charge in [-0.3, -0.25) is 0 Å². The Bertz CT molecular complexity index is 609. The van der Waals surface area contributed by atoms with E-state index >= 15 is 0 Å². The normalized spacial score (nSPS) is 9.71. The van der Waals surface area contributed by atoms with Crippen LogP contribution in [0.25, 0.3) is 0 Å². The summed E-state index contributed by atoms with van der Waals surface area (Å²) < 4.78 is 10.6. The van der Waals surface area contributed by atoms with Crippen molar-refractivity contribution in [1.29, 1.82) is 5.26 Å². The summed E-state index contributed by atoms with van der Waals surface area (Å²) in [6.45, 7) is 0.561. The molecule has 21 heavy (non-hydrogen) atoms. The molecule has 0 aliphatic heterocycles. The Labute approximate surface area is 124 Å². The highest BCUT2D eigenvalue weighted by Gasteiger charge is 2.05. The van der Waals surface area contributed by atoms with Crippen LogP contribution in [0.2, 0.25) is 0 Å². The summed E-state index contributed by atoms with van der Waals surface area (Å²) in [5.74, 6) is 1.33. The van der Waals surface area contributed by atoms with Gasteiger partial charge in [-0.15, -0.1) is 0 Å². The second-order valence-electron chi connectivity index (χ2n) is 4.27. The van der Waals surface area contributed by atoms with E-state index in [4.69, 9.17) is 14.7 Å². The predicted octanol–water partition coefficient (Wildman–Crippen LogP) is 2.71. The fourth-order valence-corrected chi connectivity index (χ4v) is 1.82. The first-order chi connectivity index (χ1) is 10.3. The van der Waals surface area contributed by atoms with Gasteiger partial charge in [-0.1, -0.05) is 24.3 Å². The number of anilines is 1. The van der Waals surface area contributed by atoms with E-state index in [1.807, 2.05) is 48.5 Å². The molecule has 2 rings (SSSR count). The lowest BCUT2D eigenvalue weighted by atomic mass is 10.2.